The van der Waals surface area contributed by atoms with Gasteiger partial charge in [0, 0.05) is 6.54 Å². The van der Waals surface area contributed by atoms with E-state index in [0.717, 1.165) is 5.56 Å². The van der Waals surface area contributed by atoms with Crippen molar-refractivity contribution in [2.75, 3.05) is 18.6 Å². The summed E-state index contributed by atoms with van der Waals surface area (Å²) < 4.78 is 22.9. The van der Waals surface area contributed by atoms with Crippen LogP contribution in [-0.4, -0.2) is 49.1 Å². The second kappa shape index (κ2) is 4.99. The van der Waals surface area contributed by atoms with Gasteiger partial charge in [0.05, 0.1) is 23.7 Å². The Hall–Kier alpha value is -0.910. The molecule has 2 rings (SSSR count). The van der Waals surface area contributed by atoms with Crippen molar-refractivity contribution in [1.29, 1.82) is 0 Å². The van der Waals surface area contributed by atoms with Gasteiger partial charge < -0.3 is 5.11 Å². The minimum absolute atomic E-state index is 0.0521. The van der Waals surface area contributed by atoms with Crippen LogP contribution in [0.5, 0.6) is 0 Å². The van der Waals surface area contributed by atoms with Crippen LogP contribution in [0, 0.1) is 6.92 Å². The summed E-state index contributed by atoms with van der Waals surface area (Å²) in [6.45, 7) is 2.68. The molecule has 0 radical (unpaired) electrons. The number of nitrogens with zero attached hydrogens (tertiary/aromatic N) is 1. The third kappa shape index (κ3) is 3.10. The van der Waals surface area contributed by atoms with E-state index in [9.17, 15) is 13.5 Å². The smallest absolute Gasteiger partial charge is 0.154 e. The summed E-state index contributed by atoms with van der Waals surface area (Å²) in [6, 6.07) is 7.83. The predicted molar refractivity (Wildman–Crippen MR) is 71.1 cm³/mol. The van der Waals surface area contributed by atoms with E-state index in [4.69, 9.17) is 0 Å². The summed E-state index contributed by atoms with van der Waals surface area (Å²) in [7, 11) is -1.22. The van der Waals surface area contributed by atoms with Crippen molar-refractivity contribution < 1.29 is 13.5 Å². The van der Waals surface area contributed by atoms with Crippen molar-refractivity contribution in [3.63, 3.8) is 0 Å². The number of hydrogen-bond acceptors (Lipinski definition) is 4. The topological polar surface area (TPSA) is 57.6 Å². The first-order valence-corrected chi connectivity index (χ1v) is 7.84. The third-order valence-corrected chi connectivity index (χ3v) is 5.11. The van der Waals surface area contributed by atoms with Crippen LogP contribution in [0.3, 0.4) is 0 Å². The Kier molecular flexibility index (Phi) is 3.75. The first kappa shape index (κ1) is 13.5. The zero-order valence-corrected chi connectivity index (χ0v) is 11.5. The highest BCUT2D eigenvalue weighted by Gasteiger charge is 2.38. The van der Waals surface area contributed by atoms with Gasteiger partial charge in [-0.1, -0.05) is 29.8 Å². The molecule has 2 atom stereocenters. The lowest BCUT2D eigenvalue weighted by atomic mass is 10.1. The van der Waals surface area contributed by atoms with Gasteiger partial charge in [0.2, 0.25) is 0 Å². The van der Waals surface area contributed by atoms with Gasteiger partial charge in [-0.25, -0.2) is 8.42 Å². The average molecular weight is 269 g/mol. The largest absolute Gasteiger partial charge is 0.390 e. The van der Waals surface area contributed by atoms with Crippen molar-refractivity contribution in [1.82, 2.24) is 4.90 Å². The molecule has 0 aliphatic carbocycles. The van der Waals surface area contributed by atoms with Gasteiger partial charge in [0.1, 0.15) is 0 Å². The zero-order chi connectivity index (χ0) is 13.3. The number of sulfone groups is 1. The number of aryl methyl sites for hydroxylation is 1. The Balaban J connectivity index is 2.04. The van der Waals surface area contributed by atoms with E-state index in [1.165, 1.54) is 5.56 Å². The fourth-order valence-electron chi connectivity index (χ4n) is 2.33. The fourth-order valence-corrected chi connectivity index (χ4v) is 4.21. The Morgan fingerprint density at radius 3 is 2.39 bits per heavy atom. The highest BCUT2D eigenvalue weighted by molar-refractivity contribution is 7.91. The molecule has 100 valence electrons. The number of hydrogen-bond donors (Lipinski definition) is 1. The second-order valence-electron chi connectivity index (χ2n) is 5.11. The first-order chi connectivity index (χ1) is 8.37. The van der Waals surface area contributed by atoms with Crippen LogP contribution in [0.4, 0.5) is 0 Å². The number of aliphatic hydroxyl groups is 1. The lowest BCUT2D eigenvalue weighted by Gasteiger charge is -2.25. The van der Waals surface area contributed by atoms with Gasteiger partial charge in [0.25, 0.3) is 0 Å². The van der Waals surface area contributed by atoms with Gasteiger partial charge in [-0.05, 0) is 19.5 Å². The van der Waals surface area contributed by atoms with Gasteiger partial charge in [-0.15, -0.1) is 0 Å². The third-order valence-electron chi connectivity index (χ3n) is 3.41. The summed E-state index contributed by atoms with van der Waals surface area (Å²) in [6.07, 6.45) is -0.773. The lowest BCUT2D eigenvalue weighted by molar-refractivity contribution is 0.0958. The molecule has 0 aromatic heterocycles. The van der Waals surface area contributed by atoms with E-state index >= 15 is 0 Å². The Morgan fingerprint density at radius 2 is 1.89 bits per heavy atom. The van der Waals surface area contributed by atoms with Crippen molar-refractivity contribution in [2.45, 2.75) is 25.6 Å². The molecule has 4 nitrogen and oxygen atoms in total. The van der Waals surface area contributed by atoms with Crippen LogP contribution in [0.2, 0.25) is 0 Å². The number of likely N-dealkylation sites (N-methyl/N-ethyl adjacent to an activating group) is 1. The van der Waals surface area contributed by atoms with E-state index < -0.39 is 15.9 Å². The molecule has 1 heterocycles. The van der Waals surface area contributed by atoms with Crippen LogP contribution in [0.15, 0.2) is 24.3 Å². The van der Waals surface area contributed by atoms with E-state index in [0.29, 0.717) is 6.54 Å². The SMILES string of the molecule is Cc1ccc(CN(C)C2CS(=O)(=O)CC2O)cc1. The second-order valence-corrected chi connectivity index (χ2v) is 7.27. The zero-order valence-electron chi connectivity index (χ0n) is 10.7. The average Bonchev–Trinajstić information content (AvgIpc) is 2.55. The van der Waals surface area contributed by atoms with Crippen LogP contribution in [0.1, 0.15) is 11.1 Å². The molecular weight excluding hydrogens is 250 g/mol. The van der Waals surface area contributed by atoms with Crippen LogP contribution in [0.25, 0.3) is 0 Å². The molecule has 1 aliphatic rings. The van der Waals surface area contributed by atoms with Gasteiger partial charge in [-0.3, -0.25) is 4.90 Å². The lowest BCUT2D eigenvalue weighted by Crippen LogP contribution is -2.40. The predicted octanol–water partition coefficient (Wildman–Crippen LogP) is 0.585. The number of aliphatic hydroxyl groups excluding tert-OH is 1. The van der Waals surface area contributed by atoms with Gasteiger partial charge >= 0.3 is 0 Å². The molecule has 1 aromatic rings. The van der Waals surface area contributed by atoms with Crippen LogP contribution < -0.4 is 0 Å². The van der Waals surface area contributed by atoms with E-state index in [1.54, 1.807) is 0 Å². The van der Waals surface area contributed by atoms with Crippen molar-refractivity contribution >= 4 is 9.84 Å². The molecule has 0 saturated carbocycles. The molecule has 1 aliphatic heterocycles. The maximum absolute atomic E-state index is 11.5. The molecule has 1 N–H and O–H groups in total. The molecular formula is C13H19NO3S. The minimum atomic E-state index is -3.08. The van der Waals surface area contributed by atoms with Crippen molar-refractivity contribution in [3.05, 3.63) is 35.4 Å². The molecule has 1 fully saturated rings. The molecule has 2 unspecified atom stereocenters. The monoisotopic (exact) mass is 269 g/mol. The van der Waals surface area contributed by atoms with E-state index in [-0.39, 0.29) is 17.5 Å². The summed E-state index contributed by atoms with van der Waals surface area (Å²) in [5.74, 6) is -0.0631. The quantitative estimate of drug-likeness (QED) is 0.872. The maximum atomic E-state index is 11.5. The summed E-state index contributed by atoms with van der Waals surface area (Å²) in [5.41, 5.74) is 2.32. The fraction of sp³-hybridized carbons (Fsp3) is 0.538. The number of rotatable bonds is 3. The Labute approximate surface area is 108 Å². The van der Waals surface area contributed by atoms with Crippen molar-refractivity contribution in [3.8, 4) is 0 Å². The molecule has 5 heteroatoms. The number of benzene rings is 1. The first-order valence-electron chi connectivity index (χ1n) is 6.02. The Morgan fingerprint density at radius 1 is 1.28 bits per heavy atom. The maximum Gasteiger partial charge on any atom is 0.154 e. The molecule has 0 amide bonds. The molecule has 0 bridgehead atoms. The van der Waals surface area contributed by atoms with Gasteiger partial charge in [-0.2, -0.15) is 0 Å². The summed E-state index contributed by atoms with van der Waals surface area (Å²) in [5, 5.41) is 9.80. The standard InChI is InChI=1S/C13H19NO3S/c1-10-3-5-11(6-4-10)7-14(2)12-8-18(16,17)9-13(12)15/h3-6,12-13,15H,7-9H2,1-2H3. The van der Waals surface area contributed by atoms with Crippen molar-refractivity contribution in [2.24, 2.45) is 0 Å². The minimum Gasteiger partial charge on any atom is -0.390 e. The highest BCUT2D eigenvalue weighted by atomic mass is 32.2. The molecule has 0 spiro atoms. The highest BCUT2D eigenvalue weighted by Crippen LogP contribution is 2.19. The normalized spacial score (nSPS) is 26.7. The van der Waals surface area contributed by atoms with Crippen LogP contribution in [-0.2, 0) is 16.4 Å². The van der Waals surface area contributed by atoms with E-state index in [2.05, 4.69) is 0 Å². The Bertz CT molecular complexity index is 510. The molecule has 1 saturated heterocycles. The summed E-state index contributed by atoms with van der Waals surface area (Å²) in [4.78, 5) is 1.92. The van der Waals surface area contributed by atoms with Crippen LogP contribution >= 0.6 is 0 Å². The molecule has 1 aromatic carbocycles. The molecule has 18 heavy (non-hydrogen) atoms. The van der Waals surface area contributed by atoms with E-state index in [1.807, 2.05) is 43.1 Å². The summed E-state index contributed by atoms with van der Waals surface area (Å²) >= 11 is 0. The van der Waals surface area contributed by atoms with Gasteiger partial charge in [0.15, 0.2) is 9.84 Å².